The van der Waals surface area contributed by atoms with E-state index in [1.165, 1.54) is 0 Å². The van der Waals surface area contributed by atoms with Gasteiger partial charge in [-0.25, -0.2) is 0 Å². The van der Waals surface area contributed by atoms with Crippen LogP contribution in [0, 0.1) is 0 Å². The van der Waals surface area contributed by atoms with Crippen molar-refractivity contribution in [3.8, 4) is 0 Å². The van der Waals surface area contributed by atoms with Crippen LogP contribution in [0.25, 0.3) is 0 Å². The fourth-order valence-electron chi connectivity index (χ4n) is 0.263. The number of hydrogen-bond acceptors (Lipinski definition) is 2. The van der Waals surface area contributed by atoms with Crippen LogP contribution in [0.2, 0.25) is 0 Å². The third-order valence-electron chi connectivity index (χ3n) is 0.814. The lowest BCUT2D eigenvalue weighted by Gasteiger charge is -1.97. The molecule has 0 heterocycles. The highest BCUT2D eigenvalue weighted by Gasteiger charge is 1.75. The van der Waals surface area contributed by atoms with Crippen molar-refractivity contribution in [1.82, 2.24) is 5.32 Å². The smallest absolute Gasteiger partial charge is 0.0624 e. The van der Waals surface area contributed by atoms with Crippen LogP contribution in [0.4, 0.5) is 0 Å². The molecule has 0 bridgehead atoms. The quantitative estimate of drug-likeness (QED) is 0.493. The Morgan fingerprint density at radius 3 is 2.57 bits per heavy atom. The molecule has 0 aliphatic carbocycles. The van der Waals surface area contributed by atoms with E-state index in [0.29, 0.717) is 6.67 Å². The number of allylic oxidation sites excluding steroid dienone is 2. The Morgan fingerprint density at radius 1 is 1.86 bits per heavy atom. The lowest BCUT2D eigenvalue weighted by Crippen LogP contribution is -2.19. The molecular formula is C5H12N2. The second-order valence-corrected chi connectivity index (χ2v) is 1.35. The predicted molar refractivity (Wildman–Crippen MR) is 31.6 cm³/mol. The molecule has 0 rings (SSSR count). The Labute approximate surface area is 44.4 Å². The standard InChI is InChI=1S/C5H12N2/c1-3-5(2)7-4-6/h3,7H,4,6H2,1-2H3/b5-3-. The second kappa shape index (κ2) is 3.68. The molecule has 0 fully saturated rings. The molecule has 0 atom stereocenters. The molecule has 3 N–H and O–H groups in total. The summed E-state index contributed by atoms with van der Waals surface area (Å²) in [5, 5.41) is 2.93. The summed E-state index contributed by atoms with van der Waals surface area (Å²) in [5.74, 6) is 0. The molecule has 0 saturated heterocycles. The molecule has 42 valence electrons. The molecule has 0 spiro atoms. The summed E-state index contributed by atoms with van der Waals surface area (Å²) >= 11 is 0. The van der Waals surface area contributed by atoms with Gasteiger partial charge in [-0.1, -0.05) is 6.08 Å². The van der Waals surface area contributed by atoms with E-state index in [2.05, 4.69) is 5.32 Å². The zero-order valence-corrected chi connectivity index (χ0v) is 4.86. The summed E-state index contributed by atoms with van der Waals surface area (Å²) in [7, 11) is 0. The van der Waals surface area contributed by atoms with Crippen molar-refractivity contribution in [2.75, 3.05) is 6.67 Å². The second-order valence-electron chi connectivity index (χ2n) is 1.35. The Hall–Kier alpha value is -0.500. The molecule has 0 unspecified atom stereocenters. The topological polar surface area (TPSA) is 38.0 Å². The van der Waals surface area contributed by atoms with E-state index in [0.717, 1.165) is 5.70 Å². The van der Waals surface area contributed by atoms with Crippen LogP contribution in [-0.4, -0.2) is 6.67 Å². The van der Waals surface area contributed by atoms with Crippen LogP contribution in [-0.2, 0) is 0 Å². The number of nitrogens with two attached hydrogens (primary N) is 1. The molecule has 0 aliphatic heterocycles. The molecule has 0 saturated carbocycles. The van der Waals surface area contributed by atoms with Crippen molar-refractivity contribution in [1.29, 1.82) is 0 Å². The lowest BCUT2D eigenvalue weighted by molar-refractivity contribution is 0.825. The maximum Gasteiger partial charge on any atom is 0.0624 e. The SMILES string of the molecule is C/C=C(/C)NCN. The van der Waals surface area contributed by atoms with Gasteiger partial charge in [0.2, 0.25) is 0 Å². The largest absolute Gasteiger partial charge is 0.376 e. The van der Waals surface area contributed by atoms with Crippen molar-refractivity contribution >= 4 is 0 Å². The van der Waals surface area contributed by atoms with Gasteiger partial charge in [0.1, 0.15) is 0 Å². The molecule has 0 aromatic carbocycles. The van der Waals surface area contributed by atoms with Crippen molar-refractivity contribution < 1.29 is 0 Å². The maximum absolute atomic E-state index is 5.15. The molecular weight excluding hydrogens is 88.1 g/mol. The molecule has 0 aromatic heterocycles. The normalized spacial score (nSPS) is 11.6. The first-order valence-electron chi connectivity index (χ1n) is 2.38. The third kappa shape index (κ3) is 3.33. The Balaban J connectivity index is 3.17. The summed E-state index contributed by atoms with van der Waals surface area (Å²) in [5.41, 5.74) is 6.28. The molecule has 0 aliphatic rings. The van der Waals surface area contributed by atoms with E-state index in [9.17, 15) is 0 Å². The summed E-state index contributed by atoms with van der Waals surface area (Å²) in [4.78, 5) is 0. The van der Waals surface area contributed by atoms with Gasteiger partial charge < -0.3 is 11.1 Å². The van der Waals surface area contributed by atoms with E-state index in [4.69, 9.17) is 5.73 Å². The van der Waals surface area contributed by atoms with Crippen molar-refractivity contribution in [3.63, 3.8) is 0 Å². The average Bonchev–Trinajstić information content (AvgIpc) is 1.68. The molecule has 0 radical (unpaired) electrons. The van der Waals surface area contributed by atoms with E-state index in [1.807, 2.05) is 19.9 Å². The first-order valence-corrected chi connectivity index (χ1v) is 2.38. The first kappa shape index (κ1) is 6.50. The minimum absolute atomic E-state index is 0.524. The van der Waals surface area contributed by atoms with Crippen molar-refractivity contribution in [2.45, 2.75) is 13.8 Å². The first-order chi connectivity index (χ1) is 3.31. The van der Waals surface area contributed by atoms with Gasteiger partial charge in [0.05, 0.1) is 6.67 Å². The lowest BCUT2D eigenvalue weighted by atomic mass is 10.5. The van der Waals surface area contributed by atoms with Gasteiger partial charge >= 0.3 is 0 Å². The van der Waals surface area contributed by atoms with E-state index < -0.39 is 0 Å². The van der Waals surface area contributed by atoms with Crippen LogP contribution >= 0.6 is 0 Å². The summed E-state index contributed by atoms with van der Waals surface area (Å²) < 4.78 is 0. The van der Waals surface area contributed by atoms with Crippen LogP contribution in [0.5, 0.6) is 0 Å². The highest BCUT2D eigenvalue weighted by molar-refractivity contribution is 4.91. The Kier molecular flexibility index (Phi) is 3.42. The fraction of sp³-hybridized carbons (Fsp3) is 0.600. The number of hydrogen-bond donors (Lipinski definition) is 2. The molecule has 0 amide bonds. The van der Waals surface area contributed by atoms with Gasteiger partial charge in [-0.15, -0.1) is 0 Å². The van der Waals surface area contributed by atoms with Gasteiger partial charge in [-0.05, 0) is 13.8 Å². The molecule has 0 aromatic rings. The van der Waals surface area contributed by atoms with E-state index in [-0.39, 0.29) is 0 Å². The van der Waals surface area contributed by atoms with Crippen LogP contribution < -0.4 is 11.1 Å². The summed E-state index contributed by atoms with van der Waals surface area (Å²) in [6.45, 7) is 4.47. The van der Waals surface area contributed by atoms with Crippen molar-refractivity contribution in [3.05, 3.63) is 11.8 Å². The van der Waals surface area contributed by atoms with E-state index in [1.54, 1.807) is 0 Å². The van der Waals surface area contributed by atoms with Crippen LogP contribution in [0.1, 0.15) is 13.8 Å². The molecule has 2 heteroatoms. The van der Waals surface area contributed by atoms with Gasteiger partial charge in [-0.3, -0.25) is 0 Å². The highest BCUT2D eigenvalue weighted by atomic mass is 15.0. The summed E-state index contributed by atoms with van der Waals surface area (Å²) in [6.07, 6.45) is 1.98. The zero-order valence-electron chi connectivity index (χ0n) is 4.86. The Morgan fingerprint density at radius 2 is 2.43 bits per heavy atom. The highest BCUT2D eigenvalue weighted by Crippen LogP contribution is 1.79. The van der Waals surface area contributed by atoms with Crippen LogP contribution in [0.3, 0.4) is 0 Å². The van der Waals surface area contributed by atoms with Gasteiger partial charge in [0.25, 0.3) is 0 Å². The van der Waals surface area contributed by atoms with Gasteiger partial charge in [0.15, 0.2) is 0 Å². The average molecular weight is 100 g/mol. The van der Waals surface area contributed by atoms with Crippen LogP contribution in [0.15, 0.2) is 11.8 Å². The number of rotatable bonds is 2. The third-order valence-corrected chi connectivity index (χ3v) is 0.814. The maximum atomic E-state index is 5.15. The fourth-order valence-corrected chi connectivity index (χ4v) is 0.263. The zero-order chi connectivity index (χ0) is 5.70. The minimum atomic E-state index is 0.524. The van der Waals surface area contributed by atoms with Crippen molar-refractivity contribution in [2.24, 2.45) is 5.73 Å². The predicted octanol–water partition coefficient (Wildman–Crippen LogP) is 0.416. The Bertz CT molecular complexity index is 66.5. The minimum Gasteiger partial charge on any atom is -0.376 e. The molecule has 7 heavy (non-hydrogen) atoms. The number of nitrogens with one attached hydrogen (secondary N) is 1. The van der Waals surface area contributed by atoms with Gasteiger partial charge in [0, 0.05) is 5.70 Å². The summed E-state index contributed by atoms with van der Waals surface area (Å²) in [6, 6.07) is 0. The monoisotopic (exact) mass is 100 g/mol. The molecule has 2 nitrogen and oxygen atoms in total. The van der Waals surface area contributed by atoms with Gasteiger partial charge in [-0.2, -0.15) is 0 Å². The van der Waals surface area contributed by atoms with E-state index >= 15 is 0 Å².